The Morgan fingerprint density at radius 3 is 2.57 bits per heavy atom. The molecule has 11 heteroatoms. The summed E-state index contributed by atoms with van der Waals surface area (Å²) >= 11 is 0. The van der Waals surface area contributed by atoms with Crippen LogP contribution >= 0.6 is 12.4 Å². The highest BCUT2D eigenvalue weighted by atomic mass is 35.5. The molecule has 1 aromatic carbocycles. The van der Waals surface area contributed by atoms with Gasteiger partial charge in [-0.3, -0.25) is 4.79 Å². The molecule has 0 aliphatic carbocycles. The molecule has 2 saturated heterocycles. The molecule has 2 fully saturated rings. The van der Waals surface area contributed by atoms with E-state index in [0.29, 0.717) is 46.1 Å². The minimum absolute atomic E-state index is 0. The standard InChI is InChI=1S/C33H39N4O6.ClH/c1-3-19-9-13-37(14-10-19,20-7-11-34-12-8-20)33(41)43-21-5-6-27-23(15-21)22(4-2)25-17-36-28(29(25)35-27)16-24-26(31(36)39)18-42-32(40)30(24)38;/h5-6,15-16,19-20,30,34,38H,3-4,7-14,17-18H2,1-2H3;1H/q+1;/t19?,30-,37?;/m0./s1. The number of rotatable bonds is 4. The van der Waals surface area contributed by atoms with Crippen LogP contribution in [0.4, 0.5) is 4.79 Å². The topological polar surface area (TPSA) is 120 Å². The van der Waals surface area contributed by atoms with E-state index in [-0.39, 0.29) is 42.3 Å². The third-order valence-corrected chi connectivity index (χ3v) is 10.4. The number of nitrogens with zero attached hydrogens (tertiary/aromatic N) is 3. The maximum Gasteiger partial charge on any atom is 0.521 e. The summed E-state index contributed by atoms with van der Waals surface area (Å²) in [5, 5.41) is 14.8. The molecule has 2 N–H and O–H groups in total. The first-order valence-electron chi connectivity index (χ1n) is 15.7. The monoisotopic (exact) mass is 623 g/mol. The summed E-state index contributed by atoms with van der Waals surface area (Å²) in [5.74, 6) is 0.428. The van der Waals surface area contributed by atoms with Crippen LogP contribution < -0.4 is 15.6 Å². The highest BCUT2D eigenvalue weighted by Crippen LogP contribution is 2.39. The van der Waals surface area contributed by atoms with E-state index in [1.807, 2.05) is 18.2 Å². The Bertz CT molecular complexity index is 1690. The molecule has 3 aromatic rings. The van der Waals surface area contributed by atoms with Gasteiger partial charge in [0.15, 0.2) is 6.10 Å². The van der Waals surface area contributed by atoms with Crippen molar-refractivity contribution < 1.29 is 28.7 Å². The smallest absolute Gasteiger partial charge is 0.458 e. The van der Waals surface area contributed by atoms with E-state index in [1.165, 1.54) is 0 Å². The number of esters is 1. The lowest BCUT2D eigenvalue weighted by Gasteiger charge is -2.46. The Morgan fingerprint density at radius 2 is 1.86 bits per heavy atom. The summed E-state index contributed by atoms with van der Waals surface area (Å²) in [6, 6.07) is 7.58. The number of hydrogen-bond acceptors (Lipinski definition) is 8. The number of ether oxygens (including phenoxy) is 2. The number of pyridine rings is 2. The number of benzene rings is 1. The van der Waals surface area contributed by atoms with E-state index in [9.17, 15) is 19.5 Å². The number of halogens is 1. The zero-order valence-corrected chi connectivity index (χ0v) is 26.1. The maximum atomic E-state index is 14.0. The first-order valence-corrected chi connectivity index (χ1v) is 15.7. The van der Waals surface area contributed by atoms with Gasteiger partial charge >= 0.3 is 12.1 Å². The number of nitrogens with one attached hydrogen (secondary N) is 1. The van der Waals surface area contributed by atoms with E-state index in [2.05, 4.69) is 19.2 Å². The second-order valence-electron chi connectivity index (χ2n) is 12.5. The second kappa shape index (κ2) is 11.9. The summed E-state index contributed by atoms with van der Waals surface area (Å²) in [6.45, 7) is 8.00. The van der Waals surface area contributed by atoms with E-state index in [0.717, 1.165) is 80.3 Å². The number of aromatic nitrogens is 2. The number of likely N-dealkylation sites (tertiary alicyclic amines) is 1. The zero-order chi connectivity index (χ0) is 29.9. The molecule has 0 saturated carbocycles. The van der Waals surface area contributed by atoms with Gasteiger partial charge in [0.2, 0.25) is 0 Å². The number of amides is 1. The number of aryl methyl sites for hydroxylation is 1. The Kier molecular flexibility index (Phi) is 8.30. The summed E-state index contributed by atoms with van der Waals surface area (Å²) in [5.41, 5.74) is 4.28. The minimum atomic E-state index is -1.49. The van der Waals surface area contributed by atoms with Gasteiger partial charge in [-0.1, -0.05) is 20.3 Å². The number of piperidine rings is 2. The van der Waals surface area contributed by atoms with Gasteiger partial charge in [0.05, 0.1) is 42.1 Å². The number of carbonyl (C=O) groups is 2. The summed E-state index contributed by atoms with van der Waals surface area (Å²) in [6.07, 6.45) is 4.23. The van der Waals surface area contributed by atoms with Crippen molar-refractivity contribution in [3.05, 3.63) is 56.9 Å². The molecule has 1 amide bonds. The molecule has 1 atom stereocenters. The van der Waals surface area contributed by atoms with Crippen molar-refractivity contribution in [3.8, 4) is 17.1 Å². The van der Waals surface area contributed by atoms with Crippen LogP contribution in [-0.4, -0.2) is 63.4 Å². The molecule has 10 nitrogen and oxygen atoms in total. The number of cyclic esters (lactones) is 1. The molecule has 0 spiro atoms. The van der Waals surface area contributed by atoms with E-state index < -0.39 is 12.1 Å². The van der Waals surface area contributed by atoms with Crippen molar-refractivity contribution in [1.29, 1.82) is 0 Å². The maximum absolute atomic E-state index is 14.0. The highest BCUT2D eigenvalue weighted by Gasteiger charge is 2.48. The van der Waals surface area contributed by atoms with Gasteiger partial charge in [-0.25, -0.2) is 14.3 Å². The quantitative estimate of drug-likeness (QED) is 0.254. The largest absolute Gasteiger partial charge is 0.521 e. The molecule has 234 valence electrons. The normalized spacial score (nSPS) is 24.6. The molecule has 0 unspecified atom stereocenters. The van der Waals surface area contributed by atoms with Crippen LogP contribution in [0, 0.1) is 5.92 Å². The fourth-order valence-electron chi connectivity index (χ4n) is 7.83. The van der Waals surface area contributed by atoms with Crippen molar-refractivity contribution in [2.45, 2.75) is 77.7 Å². The van der Waals surface area contributed by atoms with Crippen LogP contribution in [0.15, 0.2) is 29.1 Å². The third kappa shape index (κ3) is 4.83. The molecule has 6 heterocycles. The predicted molar refractivity (Wildman–Crippen MR) is 167 cm³/mol. The van der Waals surface area contributed by atoms with Gasteiger partial charge in [-0.05, 0) is 42.2 Å². The second-order valence-corrected chi connectivity index (χ2v) is 12.5. The van der Waals surface area contributed by atoms with Gasteiger partial charge in [0.25, 0.3) is 5.56 Å². The molecule has 7 rings (SSSR count). The Hall–Kier alpha value is -3.31. The molecule has 44 heavy (non-hydrogen) atoms. The number of aliphatic hydroxyl groups is 1. The number of fused-ring (bicyclic) bond motifs is 5. The fourth-order valence-corrected chi connectivity index (χ4v) is 7.83. The Labute approximate surface area is 262 Å². The van der Waals surface area contributed by atoms with Crippen molar-refractivity contribution in [2.24, 2.45) is 5.92 Å². The van der Waals surface area contributed by atoms with Crippen molar-refractivity contribution >= 4 is 35.4 Å². The first kappa shape index (κ1) is 30.7. The minimum Gasteiger partial charge on any atom is -0.458 e. The summed E-state index contributed by atoms with van der Waals surface area (Å²) < 4.78 is 13.3. The number of aliphatic hydroxyl groups excluding tert-OH is 1. The molecule has 4 aliphatic heterocycles. The van der Waals surface area contributed by atoms with Crippen molar-refractivity contribution in [3.63, 3.8) is 0 Å². The number of carbonyl (C=O) groups excluding carboxylic acids is 2. The lowest BCUT2D eigenvalue weighted by Crippen LogP contribution is -2.65. The first-order chi connectivity index (χ1) is 20.8. The van der Waals surface area contributed by atoms with Crippen molar-refractivity contribution in [1.82, 2.24) is 14.9 Å². The molecule has 0 bridgehead atoms. The van der Waals surface area contributed by atoms with E-state index in [4.69, 9.17) is 14.5 Å². The van der Waals surface area contributed by atoms with Gasteiger partial charge in [0, 0.05) is 55.3 Å². The average molecular weight is 624 g/mol. The lowest BCUT2D eigenvalue weighted by atomic mass is 9.89. The predicted octanol–water partition coefficient (Wildman–Crippen LogP) is 4.39. The molecule has 4 aliphatic rings. The Balaban J connectivity index is 0.00000343. The number of hydrogen-bond donors (Lipinski definition) is 2. The lowest BCUT2D eigenvalue weighted by molar-refractivity contribution is -0.888. The average Bonchev–Trinajstić information content (AvgIpc) is 3.40. The van der Waals surface area contributed by atoms with Crippen LogP contribution in [0.25, 0.3) is 22.3 Å². The highest BCUT2D eigenvalue weighted by molar-refractivity contribution is 5.90. The van der Waals surface area contributed by atoms with Crippen molar-refractivity contribution in [2.75, 3.05) is 26.2 Å². The van der Waals surface area contributed by atoms with Gasteiger partial charge in [-0.2, -0.15) is 4.79 Å². The zero-order valence-electron chi connectivity index (χ0n) is 25.3. The van der Waals surface area contributed by atoms with Gasteiger partial charge < -0.3 is 24.5 Å². The van der Waals surface area contributed by atoms with E-state index >= 15 is 0 Å². The summed E-state index contributed by atoms with van der Waals surface area (Å²) in [4.78, 5) is 44.4. The van der Waals surface area contributed by atoms with E-state index in [1.54, 1.807) is 10.6 Å². The van der Waals surface area contributed by atoms with Crippen LogP contribution in [0.3, 0.4) is 0 Å². The fraction of sp³-hybridized carbons (Fsp3) is 0.515. The SMILES string of the molecule is CCc1c2c(nc3ccc(OC(=O)[N+]4(C5CCNCC5)CCC(CC)CC4)cc13)-c1cc3c(c(=O)n1C2)COC(=O)[C@H]3O.Cl. The van der Waals surface area contributed by atoms with Gasteiger partial charge in [0.1, 0.15) is 18.4 Å². The molecule has 2 aromatic heterocycles. The van der Waals surface area contributed by atoms with Crippen LogP contribution in [0.2, 0.25) is 0 Å². The van der Waals surface area contributed by atoms with Gasteiger partial charge in [-0.15, -0.1) is 12.4 Å². The Morgan fingerprint density at radius 1 is 1.11 bits per heavy atom. The molecular weight excluding hydrogens is 584 g/mol. The molecular formula is C33H40ClN4O6+. The van der Waals surface area contributed by atoms with Crippen LogP contribution in [0.5, 0.6) is 5.75 Å². The molecule has 0 radical (unpaired) electrons. The third-order valence-electron chi connectivity index (χ3n) is 10.4. The number of quaternary nitrogens is 1. The van der Waals surface area contributed by atoms with Crippen LogP contribution in [-0.2, 0) is 29.1 Å². The van der Waals surface area contributed by atoms with Crippen LogP contribution in [0.1, 0.15) is 74.3 Å². The summed E-state index contributed by atoms with van der Waals surface area (Å²) in [7, 11) is 0.